The van der Waals surface area contributed by atoms with Gasteiger partial charge in [-0.05, 0) is 16.7 Å². The Hall–Kier alpha value is -1.12. The lowest BCUT2D eigenvalue weighted by atomic mass is 10.1. The minimum atomic E-state index is 0.0901. The van der Waals surface area contributed by atoms with Crippen molar-refractivity contribution in [2.75, 3.05) is 13.2 Å². The van der Waals surface area contributed by atoms with Crippen molar-refractivity contribution in [2.45, 2.75) is 13.1 Å². The highest BCUT2D eigenvalue weighted by atomic mass is 16.3. The van der Waals surface area contributed by atoms with Crippen molar-refractivity contribution in [2.24, 2.45) is 0 Å². The number of hydrogen-bond donors (Lipinski definition) is 1. The first-order chi connectivity index (χ1) is 6.79. The topological polar surface area (TPSA) is 23.5 Å². The van der Waals surface area contributed by atoms with E-state index in [1.165, 1.54) is 11.1 Å². The van der Waals surface area contributed by atoms with E-state index in [4.69, 9.17) is 5.11 Å². The third kappa shape index (κ3) is 1.86. The molecule has 0 amide bonds. The Morgan fingerprint density at radius 2 is 1.86 bits per heavy atom. The van der Waals surface area contributed by atoms with Gasteiger partial charge in [-0.15, -0.1) is 0 Å². The van der Waals surface area contributed by atoms with Gasteiger partial charge in [-0.25, -0.2) is 0 Å². The molecule has 1 aromatic carbocycles. The molecule has 2 nitrogen and oxygen atoms in total. The first kappa shape index (κ1) is 9.44. The molecule has 0 aliphatic carbocycles. The Morgan fingerprint density at radius 1 is 1.29 bits per heavy atom. The minimum absolute atomic E-state index is 0.0901. The van der Waals surface area contributed by atoms with Crippen LogP contribution in [0.2, 0.25) is 0 Å². The molecule has 0 spiro atoms. The highest BCUT2D eigenvalue weighted by Gasteiger charge is 2.17. The normalized spacial score (nSPS) is 15.5. The van der Waals surface area contributed by atoms with Gasteiger partial charge in [-0.1, -0.05) is 30.8 Å². The molecule has 0 saturated carbocycles. The molecule has 2 rings (SSSR count). The van der Waals surface area contributed by atoms with Crippen molar-refractivity contribution in [3.8, 4) is 0 Å². The standard InChI is InChI=1S/C12H15NO/c1-10(9-14)6-13-7-11-4-2-3-5-12(11)8-13/h2-5,14H,1,6-9H2. The summed E-state index contributed by atoms with van der Waals surface area (Å²) in [5.41, 5.74) is 3.69. The van der Waals surface area contributed by atoms with E-state index >= 15 is 0 Å². The molecule has 0 fully saturated rings. The van der Waals surface area contributed by atoms with Crippen molar-refractivity contribution >= 4 is 0 Å². The van der Waals surface area contributed by atoms with Crippen LogP contribution < -0.4 is 0 Å². The van der Waals surface area contributed by atoms with E-state index in [1.54, 1.807) is 0 Å². The molecular weight excluding hydrogens is 174 g/mol. The average Bonchev–Trinajstić information content (AvgIpc) is 2.59. The van der Waals surface area contributed by atoms with Crippen molar-refractivity contribution in [1.29, 1.82) is 0 Å². The van der Waals surface area contributed by atoms with E-state index in [1.807, 2.05) is 0 Å². The van der Waals surface area contributed by atoms with Gasteiger partial charge in [0.05, 0.1) is 6.61 Å². The van der Waals surface area contributed by atoms with E-state index in [0.717, 1.165) is 25.2 Å². The minimum Gasteiger partial charge on any atom is -0.392 e. The molecule has 74 valence electrons. The zero-order valence-electron chi connectivity index (χ0n) is 8.24. The highest BCUT2D eigenvalue weighted by molar-refractivity contribution is 5.30. The van der Waals surface area contributed by atoms with Crippen LogP contribution in [0.3, 0.4) is 0 Å². The Kier molecular flexibility index (Phi) is 2.66. The Labute approximate surface area is 84.5 Å². The molecular formula is C12H15NO. The summed E-state index contributed by atoms with van der Waals surface area (Å²) in [5.74, 6) is 0. The van der Waals surface area contributed by atoms with Crippen molar-refractivity contribution in [1.82, 2.24) is 4.90 Å². The van der Waals surface area contributed by atoms with Gasteiger partial charge in [0.1, 0.15) is 0 Å². The van der Waals surface area contributed by atoms with Crippen LogP contribution in [0.5, 0.6) is 0 Å². The van der Waals surface area contributed by atoms with Crippen LogP contribution in [0.4, 0.5) is 0 Å². The second-order valence-electron chi connectivity index (χ2n) is 3.82. The molecule has 2 heteroatoms. The number of aliphatic hydroxyl groups is 1. The summed E-state index contributed by atoms with van der Waals surface area (Å²) in [7, 11) is 0. The van der Waals surface area contributed by atoms with Crippen LogP contribution in [0.1, 0.15) is 11.1 Å². The summed E-state index contributed by atoms with van der Waals surface area (Å²) in [6.07, 6.45) is 0. The van der Waals surface area contributed by atoms with Crippen LogP contribution in [0.25, 0.3) is 0 Å². The molecule has 1 aromatic rings. The lowest BCUT2D eigenvalue weighted by molar-refractivity contribution is 0.274. The second kappa shape index (κ2) is 3.95. The smallest absolute Gasteiger partial charge is 0.0651 e. The summed E-state index contributed by atoms with van der Waals surface area (Å²) >= 11 is 0. The van der Waals surface area contributed by atoms with Gasteiger partial charge in [0.15, 0.2) is 0 Å². The molecule has 1 heterocycles. The fourth-order valence-electron chi connectivity index (χ4n) is 1.88. The van der Waals surface area contributed by atoms with Crippen LogP contribution in [0.15, 0.2) is 36.4 Å². The molecule has 0 aromatic heterocycles. The largest absolute Gasteiger partial charge is 0.392 e. The number of nitrogens with zero attached hydrogens (tertiary/aromatic N) is 1. The van der Waals surface area contributed by atoms with Crippen LogP contribution in [-0.4, -0.2) is 23.2 Å². The van der Waals surface area contributed by atoms with Crippen molar-refractivity contribution in [3.05, 3.63) is 47.5 Å². The first-order valence-corrected chi connectivity index (χ1v) is 4.86. The van der Waals surface area contributed by atoms with Crippen LogP contribution in [0, 0.1) is 0 Å². The molecule has 0 unspecified atom stereocenters. The fourth-order valence-corrected chi connectivity index (χ4v) is 1.88. The Morgan fingerprint density at radius 3 is 2.36 bits per heavy atom. The third-order valence-corrected chi connectivity index (χ3v) is 2.58. The lowest BCUT2D eigenvalue weighted by Gasteiger charge is -2.14. The van der Waals surface area contributed by atoms with Crippen LogP contribution in [-0.2, 0) is 13.1 Å². The zero-order valence-corrected chi connectivity index (χ0v) is 8.24. The quantitative estimate of drug-likeness (QED) is 0.729. The van der Waals surface area contributed by atoms with Gasteiger partial charge in [-0.3, -0.25) is 4.90 Å². The second-order valence-corrected chi connectivity index (χ2v) is 3.82. The maximum absolute atomic E-state index is 8.89. The molecule has 1 N–H and O–H groups in total. The van der Waals surface area contributed by atoms with Gasteiger partial charge in [0.2, 0.25) is 0 Å². The molecule has 0 bridgehead atoms. The SMILES string of the molecule is C=C(CO)CN1Cc2ccccc2C1. The molecule has 14 heavy (non-hydrogen) atoms. The number of aliphatic hydroxyl groups excluding tert-OH is 1. The van der Waals surface area contributed by atoms with E-state index in [9.17, 15) is 0 Å². The van der Waals surface area contributed by atoms with E-state index < -0.39 is 0 Å². The molecule has 0 radical (unpaired) electrons. The van der Waals surface area contributed by atoms with Crippen molar-refractivity contribution in [3.63, 3.8) is 0 Å². The summed E-state index contributed by atoms with van der Waals surface area (Å²) < 4.78 is 0. The van der Waals surface area contributed by atoms with E-state index in [0.29, 0.717) is 0 Å². The maximum atomic E-state index is 8.89. The number of hydrogen-bond acceptors (Lipinski definition) is 2. The predicted octanol–water partition coefficient (Wildman–Crippen LogP) is 1.55. The van der Waals surface area contributed by atoms with Gasteiger partial charge < -0.3 is 5.11 Å². The number of benzene rings is 1. The molecule has 0 saturated heterocycles. The third-order valence-electron chi connectivity index (χ3n) is 2.58. The predicted molar refractivity (Wildman–Crippen MR) is 56.8 cm³/mol. The fraction of sp³-hybridized carbons (Fsp3) is 0.333. The Bertz CT molecular complexity index is 321. The van der Waals surface area contributed by atoms with Crippen LogP contribution >= 0.6 is 0 Å². The van der Waals surface area contributed by atoms with Gasteiger partial charge >= 0.3 is 0 Å². The lowest BCUT2D eigenvalue weighted by Crippen LogP contribution is -2.20. The van der Waals surface area contributed by atoms with E-state index in [2.05, 4.69) is 35.7 Å². The summed E-state index contributed by atoms with van der Waals surface area (Å²) in [6, 6.07) is 8.47. The summed E-state index contributed by atoms with van der Waals surface area (Å²) in [4.78, 5) is 2.29. The molecule has 1 aliphatic heterocycles. The monoisotopic (exact) mass is 189 g/mol. The highest BCUT2D eigenvalue weighted by Crippen LogP contribution is 2.22. The average molecular weight is 189 g/mol. The first-order valence-electron chi connectivity index (χ1n) is 4.86. The maximum Gasteiger partial charge on any atom is 0.0651 e. The summed E-state index contributed by atoms with van der Waals surface area (Å²) in [6.45, 7) is 6.66. The zero-order chi connectivity index (χ0) is 9.97. The number of fused-ring (bicyclic) bond motifs is 1. The molecule has 1 aliphatic rings. The van der Waals surface area contributed by atoms with Crippen molar-refractivity contribution < 1.29 is 5.11 Å². The Balaban J connectivity index is 2.01. The summed E-state index contributed by atoms with van der Waals surface area (Å²) in [5, 5.41) is 8.89. The van der Waals surface area contributed by atoms with E-state index in [-0.39, 0.29) is 6.61 Å². The van der Waals surface area contributed by atoms with Gasteiger partial charge in [0, 0.05) is 19.6 Å². The number of rotatable bonds is 3. The molecule has 0 atom stereocenters. The van der Waals surface area contributed by atoms with Gasteiger partial charge in [-0.2, -0.15) is 0 Å². The van der Waals surface area contributed by atoms with Gasteiger partial charge in [0.25, 0.3) is 0 Å².